The van der Waals surface area contributed by atoms with E-state index < -0.39 is 0 Å². The molecule has 4 rings (SSSR count). The summed E-state index contributed by atoms with van der Waals surface area (Å²) in [6.45, 7) is 0. The van der Waals surface area contributed by atoms with Gasteiger partial charge in [0.2, 0.25) is 0 Å². The van der Waals surface area contributed by atoms with Gasteiger partial charge in [-0.2, -0.15) is 0 Å². The molecule has 1 aromatic heterocycles. The molecular weight excluding hydrogens is 253 g/mol. The Morgan fingerprint density at radius 3 is 2.90 bits per heavy atom. The highest BCUT2D eigenvalue weighted by atomic mass is 19.1. The van der Waals surface area contributed by atoms with Crippen LogP contribution in [-0.2, 0) is 0 Å². The Balaban J connectivity index is 1.55. The first-order valence-electron chi connectivity index (χ1n) is 7.64. The first kappa shape index (κ1) is 12.4. The molecule has 0 spiro atoms. The Labute approximate surface area is 118 Å². The normalized spacial score (nSPS) is 30.2. The molecule has 106 valence electrons. The van der Waals surface area contributed by atoms with Crippen molar-refractivity contribution in [1.82, 2.24) is 0 Å². The number of rotatable bonds is 3. The average molecular weight is 273 g/mol. The van der Waals surface area contributed by atoms with Gasteiger partial charge in [-0.05, 0) is 55.6 Å². The highest BCUT2D eigenvalue weighted by Crippen LogP contribution is 2.50. The fraction of sp³-hybridized carbons (Fsp3) is 0.529. The number of furan rings is 1. The van der Waals surface area contributed by atoms with Crippen LogP contribution in [0.2, 0.25) is 0 Å². The van der Waals surface area contributed by atoms with Gasteiger partial charge in [-0.3, -0.25) is 0 Å². The van der Waals surface area contributed by atoms with Gasteiger partial charge in [-0.25, -0.2) is 4.39 Å². The molecule has 3 heteroatoms. The number of fused-ring (bicyclic) bond motifs is 3. The van der Waals surface area contributed by atoms with Crippen molar-refractivity contribution >= 4 is 11.0 Å². The lowest BCUT2D eigenvalue weighted by Gasteiger charge is -2.23. The van der Waals surface area contributed by atoms with E-state index in [0.717, 1.165) is 35.3 Å². The van der Waals surface area contributed by atoms with Crippen molar-refractivity contribution in [1.29, 1.82) is 0 Å². The number of halogens is 1. The van der Waals surface area contributed by atoms with E-state index in [2.05, 4.69) is 0 Å². The molecule has 2 N–H and O–H groups in total. The zero-order chi connectivity index (χ0) is 13.7. The minimum atomic E-state index is -0.305. The molecule has 0 amide bonds. The van der Waals surface area contributed by atoms with E-state index in [9.17, 15) is 4.39 Å². The Morgan fingerprint density at radius 2 is 2.20 bits per heavy atom. The number of para-hydroxylation sites is 1. The maximum Gasteiger partial charge on any atom is 0.169 e. The summed E-state index contributed by atoms with van der Waals surface area (Å²) >= 11 is 0. The minimum Gasteiger partial charge on any atom is -0.456 e. The van der Waals surface area contributed by atoms with Gasteiger partial charge >= 0.3 is 0 Å². The summed E-state index contributed by atoms with van der Waals surface area (Å²) in [6, 6.07) is 6.80. The lowest BCUT2D eigenvalue weighted by atomic mass is 9.84. The molecule has 0 radical (unpaired) electrons. The molecule has 0 aliphatic heterocycles. The summed E-state index contributed by atoms with van der Waals surface area (Å²) in [5.74, 6) is 2.97. The van der Waals surface area contributed by atoms with Crippen LogP contribution in [0.25, 0.3) is 11.0 Å². The van der Waals surface area contributed by atoms with E-state index >= 15 is 0 Å². The molecule has 2 nitrogen and oxygen atoms in total. The molecule has 4 atom stereocenters. The van der Waals surface area contributed by atoms with E-state index in [1.165, 1.54) is 31.7 Å². The van der Waals surface area contributed by atoms with Crippen LogP contribution in [0.5, 0.6) is 0 Å². The summed E-state index contributed by atoms with van der Waals surface area (Å²) in [5, 5.41) is 0.809. The first-order chi connectivity index (χ1) is 9.70. The molecule has 4 unspecified atom stereocenters. The molecular formula is C17H20FNO. The van der Waals surface area contributed by atoms with E-state index in [1.807, 2.05) is 12.1 Å². The molecule has 2 bridgehead atoms. The number of benzene rings is 1. The quantitative estimate of drug-likeness (QED) is 0.900. The molecule has 0 saturated heterocycles. The fourth-order valence-electron chi connectivity index (χ4n) is 4.34. The topological polar surface area (TPSA) is 39.2 Å². The Kier molecular flexibility index (Phi) is 2.84. The lowest BCUT2D eigenvalue weighted by molar-refractivity contribution is 0.285. The van der Waals surface area contributed by atoms with Gasteiger partial charge in [0.15, 0.2) is 11.4 Å². The number of hydrogen-bond donors (Lipinski definition) is 1. The van der Waals surface area contributed by atoms with Crippen LogP contribution in [0.15, 0.2) is 28.7 Å². The highest BCUT2D eigenvalue weighted by Gasteiger charge is 2.40. The van der Waals surface area contributed by atoms with Gasteiger partial charge in [0.1, 0.15) is 5.76 Å². The van der Waals surface area contributed by atoms with Crippen LogP contribution in [0.1, 0.15) is 43.9 Å². The van der Waals surface area contributed by atoms with Gasteiger partial charge in [0.25, 0.3) is 0 Å². The Morgan fingerprint density at radius 1 is 1.30 bits per heavy atom. The minimum absolute atomic E-state index is 0.105. The van der Waals surface area contributed by atoms with Crippen LogP contribution in [0.4, 0.5) is 4.39 Å². The third-order valence-corrected chi connectivity index (χ3v) is 5.32. The third-order valence-electron chi connectivity index (χ3n) is 5.32. The van der Waals surface area contributed by atoms with E-state index in [4.69, 9.17) is 10.2 Å². The zero-order valence-electron chi connectivity index (χ0n) is 11.5. The van der Waals surface area contributed by atoms with Gasteiger partial charge in [0.05, 0.1) is 6.04 Å². The predicted octanol–water partition coefficient (Wildman–Crippen LogP) is 4.40. The smallest absolute Gasteiger partial charge is 0.169 e. The number of hydrogen-bond acceptors (Lipinski definition) is 2. The lowest BCUT2D eigenvalue weighted by Crippen LogP contribution is -2.19. The molecule has 1 aromatic carbocycles. The molecule has 2 saturated carbocycles. The van der Waals surface area contributed by atoms with Crippen LogP contribution >= 0.6 is 0 Å². The summed E-state index contributed by atoms with van der Waals surface area (Å²) in [5.41, 5.74) is 6.64. The predicted molar refractivity (Wildman–Crippen MR) is 76.7 cm³/mol. The van der Waals surface area contributed by atoms with Crippen LogP contribution in [0, 0.1) is 23.6 Å². The van der Waals surface area contributed by atoms with Gasteiger partial charge in [-0.1, -0.05) is 18.6 Å². The van der Waals surface area contributed by atoms with E-state index in [-0.39, 0.29) is 11.9 Å². The van der Waals surface area contributed by atoms with Crippen LogP contribution in [0.3, 0.4) is 0 Å². The van der Waals surface area contributed by atoms with Crippen LogP contribution in [-0.4, -0.2) is 0 Å². The van der Waals surface area contributed by atoms with Crippen molar-refractivity contribution < 1.29 is 8.81 Å². The van der Waals surface area contributed by atoms with Crippen molar-refractivity contribution in [3.8, 4) is 0 Å². The van der Waals surface area contributed by atoms with Crippen LogP contribution < -0.4 is 5.73 Å². The SMILES string of the molecule is NC(CC1CC2CCC1C2)c1cc2cccc(F)c2o1. The van der Waals surface area contributed by atoms with Gasteiger partial charge < -0.3 is 10.2 Å². The van der Waals surface area contributed by atoms with Crippen molar-refractivity contribution in [2.75, 3.05) is 0 Å². The third kappa shape index (κ3) is 1.96. The van der Waals surface area contributed by atoms with Crippen molar-refractivity contribution in [2.45, 2.75) is 38.1 Å². The molecule has 2 aromatic rings. The Hall–Kier alpha value is -1.35. The Bertz CT molecular complexity index is 635. The average Bonchev–Trinajstić information content (AvgIpc) is 3.12. The van der Waals surface area contributed by atoms with Crippen molar-refractivity contribution in [3.05, 3.63) is 35.8 Å². The zero-order valence-corrected chi connectivity index (χ0v) is 11.5. The molecule has 2 aliphatic carbocycles. The van der Waals surface area contributed by atoms with Crippen molar-refractivity contribution in [3.63, 3.8) is 0 Å². The highest BCUT2D eigenvalue weighted by molar-refractivity contribution is 5.78. The molecule has 2 aliphatic rings. The monoisotopic (exact) mass is 273 g/mol. The maximum atomic E-state index is 13.7. The molecule has 2 fully saturated rings. The second-order valence-electron chi connectivity index (χ2n) is 6.58. The summed E-state index contributed by atoms with van der Waals surface area (Å²) in [4.78, 5) is 0. The number of nitrogens with two attached hydrogens (primary N) is 1. The largest absolute Gasteiger partial charge is 0.456 e. The molecule has 1 heterocycles. The van der Waals surface area contributed by atoms with Gasteiger partial charge in [0, 0.05) is 5.39 Å². The van der Waals surface area contributed by atoms with E-state index in [1.54, 1.807) is 6.07 Å². The van der Waals surface area contributed by atoms with E-state index in [0.29, 0.717) is 5.58 Å². The van der Waals surface area contributed by atoms with Gasteiger partial charge in [-0.15, -0.1) is 0 Å². The maximum absolute atomic E-state index is 13.7. The first-order valence-corrected chi connectivity index (χ1v) is 7.64. The summed E-state index contributed by atoms with van der Waals surface area (Å²) in [6.07, 6.45) is 6.48. The van der Waals surface area contributed by atoms with Crippen molar-refractivity contribution in [2.24, 2.45) is 23.5 Å². The second-order valence-corrected chi connectivity index (χ2v) is 6.58. The second kappa shape index (κ2) is 4.59. The fourth-order valence-corrected chi connectivity index (χ4v) is 4.34. The summed E-state index contributed by atoms with van der Waals surface area (Å²) in [7, 11) is 0. The summed E-state index contributed by atoms with van der Waals surface area (Å²) < 4.78 is 19.3. The standard InChI is InChI=1S/C17H20FNO/c18-14-3-1-2-12-9-16(20-17(12)14)15(19)8-13-7-10-4-5-11(13)6-10/h1-3,9-11,13,15H,4-8,19H2. The molecule has 20 heavy (non-hydrogen) atoms.